The Morgan fingerprint density at radius 3 is 2.47 bits per heavy atom. The molecule has 15 heavy (non-hydrogen) atoms. The molecule has 1 aromatic rings. The average molecular weight is 213 g/mol. The number of halogens is 2. The zero-order valence-electron chi connectivity index (χ0n) is 9.19. The number of hydrogen-bond acceptors (Lipinski definition) is 1. The molecule has 3 heteroatoms. The standard InChI is InChI=1S/C12H17F2N/c1-3-4-12(14,8-15)10-5-9(2)6-11(13)7-10/h5-7H,3-4,8,15H2,1-2H3. The van der Waals surface area contributed by atoms with Crippen molar-refractivity contribution in [1.82, 2.24) is 0 Å². The van der Waals surface area contributed by atoms with Crippen LogP contribution in [0.4, 0.5) is 8.78 Å². The summed E-state index contributed by atoms with van der Waals surface area (Å²) in [6, 6.07) is 4.27. The summed E-state index contributed by atoms with van der Waals surface area (Å²) < 4.78 is 27.4. The predicted octanol–water partition coefficient (Wildman–Crippen LogP) is 3.06. The topological polar surface area (TPSA) is 26.0 Å². The molecule has 0 amide bonds. The minimum Gasteiger partial charge on any atom is -0.327 e. The monoisotopic (exact) mass is 213 g/mol. The molecule has 0 fully saturated rings. The van der Waals surface area contributed by atoms with Crippen molar-refractivity contribution in [3.63, 3.8) is 0 Å². The fourth-order valence-electron chi connectivity index (χ4n) is 1.76. The number of hydrogen-bond donors (Lipinski definition) is 1. The Morgan fingerprint density at radius 1 is 1.33 bits per heavy atom. The molecule has 0 saturated carbocycles. The highest BCUT2D eigenvalue weighted by Gasteiger charge is 2.29. The van der Waals surface area contributed by atoms with E-state index in [1.807, 2.05) is 6.92 Å². The van der Waals surface area contributed by atoms with Gasteiger partial charge in [-0.3, -0.25) is 0 Å². The lowest BCUT2D eigenvalue weighted by Crippen LogP contribution is -2.30. The van der Waals surface area contributed by atoms with Crippen LogP contribution >= 0.6 is 0 Å². The van der Waals surface area contributed by atoms with E-state index in [0.717, 1.165) is 5.56 Å². The van der Waals surface area contributed by atoms with Gasteiger partial charge in [0.1, 0.15) is 11.5 Å². The molecule has 0 spiro atoms. The molecule has 0 aromatic heterocycles. The summed E-state index contributed by atoms with van der Waals surface area (Å²) in [5.74, 6) is -0.406. The summed E-state index contributed by atoms with van der Waals surface area (Å²) >= 11 is 0. The Hall–Kier alpha value is -0.960. The number of aryl methyl sites for hydroxylation is 1. The first-order chi connectivity index (χ1) is 7.01. The van der Waals surface area contributed by atoms with Gasteiger partial charge in [-0.15, -0.1) is 0 Å². The van der Waals surface area contributed by atoms with Crippen LogP contribution < -0.4 is 5.73 Å². The zero-order chi connectivity index (χ0) is 11.5. The van der Waals surface area contributed by atoms with Gasteiger partial charge in [0.2, 0.25) is 0 Å². The van der Waals surface area contributed by atoms with E-state index < -0.39 is 11.5 Å². The van der Waals surface area contributed by atoms with E-state index in [-0.39, 0.29) is 6.54 Å². The smallest absolute Gasteiger partial charge is 0.148 e. The highest BCUT2D eigenvalue weighted by Crippen LogP contribution is 2.31. The maximum atomic E-state index is 14.3. The molecule has 1 rings (SSSR count). The van der Waals surface area contributed by atoms with E-state index in [0.29, 0.717) is 18.4 Å². The third kappa shape index (κ3) is 2.75. The molecule has 0 aliphatic carbocycles. The van der Waals surface area contributed by atoms with Crippen LogP contribution in [0, 0.1) is 12.7 Å². The summed E-state index contributed by atoms with van der Waals surface area (Å²) in [5.41, 5.74) is 4.90. The van der Waals surface area contributed by atoms with Gasteiger partial charge in [0.05, 0.1) is 0 Å². The van der Waals surface area contributed by atoms with Gasteiger partial charge in [-0.25, -0.2) is 8.78 Å². The molecule has 1 atom stereocenters. The number of alkyl halides is 1. The Morgan fingerprint density at radius 2 is 2.00 bits per heavy atom. The maximum Gasteiger partial charge on any atom is 0.148 e. The third-order valence-electron chi connectivity index (χ3n) is 2.53. The molecule has 0 aliphatic rings. The van der Waals surface area contributed by atoms with Crippen molar-refractivity contribution in [3.05, 3.63) is 35.1 Å². The van der Waals surface area contributed by atoms with Crippen LogP contribution in [-0.2, 0) is 5.67 Å². The Bertz CT molecular complexity index is 318. The fraction of sp³-hybridized carbons (Fsp3) is 0.500. The lowest BCUT2D eigenvalue weighted by atomic mass is 9.90. The van der Waals surface area contributed by atoms with Crippen LogP contribution in [0.2, 0.25) is 0 Å². The summed E-state index contributed by atoms with van der Waals surface area (Å²) in [5, 5.41) is 0. The Kier molecular flexibility index (Phi) is 3.80. The second-order valence-corrected chi connectivity index (χ2v) is 3.94. The van der Waals surface area contributed by atoms with E-state index in [1.165, 1.54) is 12.1 Å². The summed E-state index contributed by atoms with van der Waals surface area (Å²) in [7, 11) is 0. The van der Waals surface area contributed by atoms with Gasteiger partial charge in [0.15, 0.2) is 0 Å². The van der Waals surface area contributed by atoms with Crippen molar-refractivity contribution in [3.8, 4) is 0 Å². The third-order valence-corrected chi connectivity index (χ3v) is 2.53. The predicted molar refractivity (Wildman–Crippen MR) is 57.9 cm³/mol. The van der Waals surface area contributed by atoms with Crippen molar-refractivity contribution in [2.75, 3.05) is 6.54 Å². The SMILES string of the molecule is CCCC(F)(CN)c1cc(C)cc(F)c1. The molecule has 1 nitrogen and oxygen atoms in total. The van der Waals surface area contributed by atoms with Crippen LogP contribution in [0.15, 0.2) is 18.2 Å². The average Bonchev–Trinajstić information content (AvgIpc) is 2.16. The van der Waals surface area contributed by atoms with Gasteiger partial charge in [0.25, 0.3) is 0 Å². The number of nitrogens with two attached hydrogens (primary N) is 1. The summed E-state index contributed by atoms with van der Waals surface area (Å²) in [4.78, 5) is 0. The molecule has 84 valence electrons. The molecule has 1 unspecified atom stereocenters. The van der Waals surface area contributed by atoms with E-state index >= 15 is 0 Å². The van der Waals surface area contributed by atoms with Gasteiger partial charge in [-0.2, -0.15) is 0 Å². The van der Waals surface area contributed by atoms with Crippen LogP contribution in [0.5, 0.6) is 0 Å². The molecule has 0 aliphatic heterocycles. The lowest BCUT2D eigenvalue weighted by molar-refractivity contribution is 0.159. The van der Waals surface area contributed by atoms with Crippen molar-refractivity contribution in [1.29, 1.82) is 0 Å². The first-order valence-electron chi connectivity index (χ1n) is 5.18. The quantitative estimate of drug-likeness (QED) is 0.817. The van der Waals surface area contributed by atoms with Crippen LogP contribution in [-0.4, -0.2) is 6.54 Å². The first-order valence-corrected chi connectivity index (χ1v) is 5.18. The van der Waals surface area contributed by atoms with Crippen LogP contribution in [0.1, 0.15) is 30.9 Å². The molecular weight excluding hydrogens is 196 g/mol. The summed E-state index contributed by atoms with van der Waals surface area (Å²) in [6.07, 6.45) is 1.01. The molecule has 0 saturated heterocycles. The van der Waals surface area contributed by atoms with E-state index in [4.69, 9.17) is 5.73 Å². The largest absolute Gasteiger partial charge is 0.327 e. The van der Waals surface area contributed by atoms with Crippen molar-refractivity contribution in [2.24, 2.45) is 5.73 Å². The minimum absolute atomic E-state index is 0.107. The second kappa shape index (κ2) is 4.71. The van der Waals surface area contributed by atoms with Crippen LogP contribution in [0.25, 0.3) is 0 Å². The highest BCUT2D eigenvalue weighted by molar-refractivity contribution is 5.29. The van der Waals surface area contributed by atoms with E-state index in [1.54, 1.807) is 13.0 Å². The summed E-state index contributed by atoms with van der Waals surface area (Å²) in [6.45, 7) is 3.52. The Labute approximate surface area is 89.3 Å². The minimum atomic E-state index is -1.60. The lowest BCUT2D eigenvalue weighted by Gasteiger charge is -2.24. The Balaban J connectivity index is 3.11. The van der Waals surface area contributed by atoms with Gasteiger partial charge in [0, 0.05) is 6.54 Å². The van der Waals surface area contributed by atoms with E-state index in [9.17, 15) is 8.78 Å². The van der Waals surface area contributed by atoms with Crippen molar-refractivity contribution in [2.45, 2.75) is 32.4 Å². The number of rotatable bonds is 4. The van der Waals surface area contributed by atoms with Gasteiger partial charge < -0.3 is 5.73 Å². The molecule has 2 N–H and O–H groups in total. The molecular formula is C12H17F2N. The molecule has 0 bridgehead atoms. The number of benzene rings is 1. The van der Waals surface area contributed by atoms with Gasteiger partial charge in [-0.1, -0.05) is 19.4 Å². The first kappa shape index (κ1) is 12.1. The second-order valence-electron chi connectivity index (χ2n) is 3.94. The molecule has 1 aromatic carbocycles. The van der Waals surface area contributed by atoms with Crippen molar-refractivity contribution < 1.29 is 8.78 Å². The molecule has 0 radical (unpaired) electrons. The fourth-order valence-corrected chi connectivity index (χ4v) is 1.76. The molecule has 0 heterocycles. The van der Waals surface area contributed by atoms with Gasteiger partial charge >= 0.3 is 0 Å². The zero-order valence-corrected chi connectivity index (χ0v) is 9.19. The highest BCUT2D eigenvalue weighted by atomic mass is 19.1. The van der Waals surface area contributed by atoms with E-state index in [2.05, 4.69) is 0 Å². The normalized spacial score (nSPS) is 15.0. The van der Waals surface area contributed by atoms with Crippen molar-refractivity contribution >= 4 is 0 Å². The van der Waals surface area contributed by atoms with Crippen LogP contribution in [0.3, 0.4) is 0 Å². The van der Waals surface area contributed by atoms with Gasteiger partial charge in [-0.05, 0) is 36.6 Å². The maximum absolute atomic E-state index is 14.3.